The molecule has 3 aliphatic carbocycles. The Morgan fingerprint density at radius 3 is 0.962 bits per heavy atom. The highest BCUT2D eigenvalue weighted by Crippen LogP contribution is 2.67. The minimum absolute atomic E-state index is 0.557. The van der Waals surface area contributed by atoms with Crippen LogP contribution < -0.4 is 14.4 Å². The minimum Gasteiger partial charge on any atom is -0.457 e. The highest BCUT2D eigenvalue weighted by Gasteiger charge is 2.54. The fourth-order valence-electron chi connectivity index (χ4n) is 15.4. The van der Waals surface area contributed by atoms with Gasteiger partial charge in [0.15, 0.2) is 0 Å². The SMILES string of the molecule is c1ccc2c(c1)Oc1ccccc1C21c2ccccc2-c2cc(N(c3ccc4c(c3)C3(c5ccccc5Oc5ccccc53)c3ccccc3-4)c3ccc4c(c3)C3(c5ccccc5Sc5ccccc53)c3ccccc3-4)ccc21. The van der Waals surface area contributed by atoms with Gasteiger partial charge in [-0.1, -0.05) is 212 Å². The highest BCUT2D eigenvalue weighted by atomic mass is 32.2. The van der Waals surface area contributed by atoms with Crippen LogP contribution in [0.3, 0.4) is 0 Å². The molecule has 3 heterocycles. The van der Waals surface area contributed by atoms with Crippen molar-refractivity contribution in [1.29, 1.82) is 0 Å². The number of nitrogens with zero attached hydrogens (tertiary/aromatic N) is 1. The summed E-state index contributed by atoms with van der Waals surface area (Å²) in [6.07, 6.45) is 0. The van der Waals surface area contributed by atoms with Crippen LogP contribution in [0.25, 0.3) is 33.4 Å². The quantitative estimate of drug-likeness (QED) is 0.176. The Labute approximate surface area is 462 Å². The van der Waals surface area contributed by atoms with Gasteiger partial charge in [-0.05, 0) is 151 Å². The second kappa shape index (κ2) is 15.8. The second-order valence-corrected chi connectivity index (χ2v) is 22.8. The van der Waals surface area contributed by atoms with Crippen LogP contribution in [0.2, 0.25) is 0 Å². The Morgan fingerprint density at radius 1 is 0.228 bits per heavy atom. The smallest absolute Gasteiger partial charge is 0.132 e. The Kier molecular flexibility index (Phi) is 8.67. The fourth-order valence-corrected chi connectivity index (χ4v) is 16.6. The van der Waals surface area contributed by atoms with Crippen molar-refractivity contribution in [1.82, 2.24) is 0 Å². The third-order valence-corrected chi connectivity index (χ3v) is 19.4. The van der Waals surface area contributed by atoms with Crippen molar-refractivity contribution in [2.24, 2.45) is 0 Å². The van der Waals surface area contributed by atoms with Crippen LogP contribution in [0.4, 0.5) is 17.1 Å². The van der Waals surface area contributed by atoms with Gasteiger partial charge >= 0.3 is 0 Å². The molecule has 0 N–H and O–H groups in total. The Hall–Kier alpha value is -9.61. The molecule has 3 aliphatic heterocycles. The van der Waals surface area contributed by atoms with Crippen molar-refractivity contribution < 1.29 is 9.47 Å². The molecule has 0 radical (unpaired) electrons. The number of hydrogen-bond donors (Lipinski definition) is 0. The van der Waals surface area contributed by atoms with E-state index in [1.54, 1.807) is 0 Å². The van der Waals surface area contributed by atoms with Crippen molar-refractivity contribution in [3.63, 3.8) is 0 Å². The lowest BCUT2D eigenvalue weighted by Gasteiger charge is -2.40. The molecule has 3 nitrogen and oxygen atoms in total. The number of para-hydroxylation sites is 4. The first kappa shape index (κ1) is 43.5. The van der Waals surface area contributed by atoms with Gasteiger partial charge in [0.1, 0.15) is 23.0 Å². The van der Waals surface area contributed by atoms with Crippen molar-refractivity contribution >= 4 is 28.8 Å². The third kappa shape index (κ3) is 5.39. The first-order chi connectivity index (χ1) is 39.2. The zero-order valence-corrected chi connectivity index (χ0v) is 43.5. The topological polar surface area (TPSA) is 21.7 Å². The monoisotopic (exact) mass is 1020 g/mol. The number of benzene rings is 12. The molecule has 0 fully saturated rings. The Balaban J connectivity index is 0.932. The lowest BCUT2D eigenvalue weighted by atomic mass is 9.66. The van der Waals surface area contributed by atoms with Crippen LogP contribution in [-0.2, 0) is 16.2 Å². The van der Waals surface area contributed by atoms with Gasteiger partial charge in [-0.25, -0.2) is 0 Å². The zero-order chi connectivity index (χ0) is 51.6. The first-order valence-corrected chi connectivity index (χ1v) is 28.1. The van der Waals surface area contributed by atoms with Crippen molar-refractivity contribution in [2.75, 3.05) is 4.90 Å². The van der Waals surface area contributed by atoms with Gasteiger partial charge in [0.05, 0.1) is 16.2 Å². The summed E-state index contributed by atoms with van der Waals surface area (Å²) in [6.45, 7) is 0. The molecule has 12 aromatic carbocycles. The molecule has 0 atom stereocenters. The van der Waals surface area contributed by atoms with E-state index in [-0.39, 0.29) is 0 Å². The maximum Gasteiger partial charge on any atom is 0.132 e. The average Bonchev–Trinajstić information content (AvgIpc) is 2.99. The van der Waals surface area contributed by atoms with E-state index in [9.17, 15) is 0 Å². The molecule has 0 aromatic heterocycles. The van der Waals surface area contributed by atoms with Crippen LogP contribution in [0.5, 0.6) is 23.0 Å². The molecule has 0 saturated carbocycles. The molecule has 12 aromatic rings. The summed E-state index contributed by atoms with van der Waals surface area (Å²) in [4.78, 5) is 5.11. The van der Waals surface area contributed by atoms with Gasteiger partial charge in [-0.2, -0.15) is 0 Å². The Bertz CT molecular complexity index is 4310. The predicted molar refractivity (Wildman–Crippen MR) is 317 cm³/mol. The summed E-state index contributed by atoms with van der Waals surface area (Å²) in [6, 6.07) is 102. The third-order valence-electron chi connectivity index (χ3n) is 18.3. The van der Waals surface area contributed by atoms with Gasteiger partial charge in [0.25, 0.3) is 0 Å². The van der Waals surface area contributed by atoms with Crippen LogP contribution in [0.1, 0.15) is 66.8 Å². The van der Waals surface area contributed by atoms with Crippen LogP contribution in [-0.4, -0.2) is 0 Å². The molecule has 4 heteroatoms. The van der Waals surface area contributed by atoms with E-state index in [0.717, 1.165) is 62.3 Å². The van der Waals surface area contributed by atoms with E-state index in [4.69, 9.17) is 9.47 Å². The molecular weight excluding hydrogens is 979 g/mol. The molecule has 0 saturated heterocycles. The number of rotatable bonds is 3. The lowest BCUT2D eigenvalue weighted by Crippen LogP contribution is -2.32. The molecule has 368 valence electrons. The van der Waals surface area contributed by atoms with Gasteiger partial charge in [0, 0.05) is 49.1 Å². The number of anilines is 3. The highest BCUT2D eigenvalue weighted by molar-refractivity contribution is 7.99. The normalized spacial score (nSPS) is 15.3. The largest absolute Gasteiger partial charge is 0.457 e. The maximum absolute atomic E-state index is 6.83. The molecule has 3 spiro atoms. The summed E-state index contributed by atoms with van der Waals surface area (Å²) in [5.74, 6) is 3.53. The van der Waals surface area contributed by atoms with Gasteiger partial charge in [-0.15, -0.1) is 0 Å². The van der Waals surface area contributed by atoms with E-state index in [2.05, 4.69) is 278 Å². The molecule has 0 unspecified atom stereocenters. The van der Waals surface area contributed by atoms with Gasteiger partial charge in [-0.3, -0.25) is 0 Å². The van der Waals surface area contributed by atoms with Crippen LogP contribution >= 0.6 is 11.8 Å². The summed E-state index contributed by atoms with van der Waals surface area (Å²) < 4.78 is 13.6. The van der Waals surface area contributed by atoms with Crippen LogP contribution in [0, 0.1) is 0 Å². The van der Waals surface area contributed by atoms with Crippen LogP contribution in [0.15, 0.2) is 283 Å². The zero-order valence-electron chi connectivity index (χ0n) is 42.7. The fraction of sp³-hybridized carbons (Fsp3) is 0.0400. The lowest BCUT2D eigenvalue weighted by molar-refractivity contribution is 0.436. The number of fused-ring (bicyclic) bond motifs is 27. The number of hydrogen-bond acceptors (Lipinski definition) is 4. The van der Waals surface area contributed by atoms with E-state index in [1.807, 2.05) is 11.8 Å². The molecule has 79 heavy (non-hydrogen) atoms. The number of ether oxygens (including phenoxy) is 2. The van der Waals surface area contributed by atoms with E-state index < -0.39 is 16.2 Å². The summed E-state index contributed by atoms with van der Waals surface area (Å²) >= 11 is 1.88. The molecule has 6 aliphatic rings. The van der Waals surface area contributed by atoms with E-state index in [1.165, 1.54) is 87.7 Å². The molecule has 18 rings (SSSR count). The standard InChI is InChI=1S/C75H45NO2S/c1-4-22-55-49(19-1)52-40-37-47(44-65(52)74(55)61-27-9-15-33-69(61)78-70-34-16-10-28-62(70)74)76(46-39-42-58-54(43-46)51-21-3-6-24-57(51)73(58)59-25-7-13-31-67(59)77-68-32-14-8-26-60(68)73)48-38-41-53-50-20-2-5-23-56(50)75(66(53)45-48)63-29-11-17-35-71(63)79-72-36-18-12-30-64(72)75/h1-45H. The van der Waals surface area contributed by atoms with Crippen molar-refractivity contribution in [3.05, 3.63) is 340 Å². The summed E-state index contributed by atoms with van der Waals surface area (Å²) in [5, 5.41) is 0. The minimum atomic E-state index is -0.650. The molecular formula is C75H45NO2S. The summed E-state index contributed by atoms with van der Waals surface area (Å²) in [7, 11) is 0. The van der Waals surface area contributed by atoms with Gasteiger partial charge < -0.3 is 14.4 Å². The Morgan fingerprint density at radius 2 is 0.519 bits per heavy atom. The van der Waals surface area contributed by atoms with E-state index in [0.29, 0.717) is 0 Å². The predicted octanol–water partition coefficient (Wildman–Crippen LogP) is 18.9. The summed E-state index contributed by atoms with van der Waals surface area (Å²) in [5.41, 5.74) is 23.7. The van der Waals surface area contributed by atoms with Crippen molar-refractivity contribution in [3.8, 4) is 56.4 Å². The van der Waals surface area contributed by atoms with Crippen molar-refractivity contribution in [2.45, 2.75) is 26.0 Å². The molecule has 0 bridgehead atoms. The second-order valence-electron chi connectivity index (χ2n) is 21.7. The van der Waals surface area contributed by atoms with Gasteiger partial charge in [0.2, 0.25) is 0 Å². The first-order valence-electron chi connectivity index (χ1n) is 27.3. The van der Waals surface area contributed by atoms with E-state index >= 15 is 0 Å². The average molecular weight is 1020 g/mol. The maximum atomic E-state index is 6.83. The molecule has 0 amide bonds.